The largest absolute Gasteiger partial charge is 0.497 e. The second-order valence-corrected chi connectivity index (χ2v) is 7.62. The molecule has 4 aromatic rings. The van der Waals surface area contributed by atoms with E-state index in [1.165, 1.54) is 0 Å². The van der Waals surface area contributed by atoms with Crippen molar-refractivity contribution in [3.8, 4) is 17.0 Å². The average molecular weight is 425 g/mol. The van der Waals surface area contributed by atoms with Crippen LogP contribution >= 0.6 is 0 Å². The van der Waals surface area contributed by atoms with Gasteiger partial charge in [0.05, 0.1) is 23.9 Å². The fourth-order valence-electron chi connectivity index (χ4n) is 3.50. The molecule has 160 valence electrons. The van der Waals surface area contributed by atoms with Crippen LogP contribution < -0.4 is 4.74 Å². The molecular formula is C27H23NO4. The number of fused-ring (bicyclic) bond motifs is 1. The maximum absolute atomic E-state index is 13.0. The second kappa shape index (κ2) is 9.02. The topological polar surface area (TPSA) is 65.5 Å². The molecule has 0 unspecified atom stereocenters. The minimum absolute atomic E-state index is 0.247. The number of carbonyl (C=O) groups is 2. The van der Waals surface area contributed by atoms with Crippen molar-refractivity contribution < 1.29 is 19.1 Å². The van der Waals surface area contributed by atoms with E-state index < -0.39 is 5.97 Å². The number of pyridine rings is 1. The molecule has 0 aliphatic heterocycles. The van der Waals surface area contributed by atoms with Gasteiger partial charge in [0, 0.05) is 16.5 Å². The molecule has 3 aromatic carbocycles. The van der Waals surface area contributed by atoms with Gasteiger partial charge in [0.15, 0.2) is 12.4 Å². The summed E-state index contributed by atoms with van der Waals surface area (Å²) in [5, 5.41) is 0.690. The molecule has 0 saturated carbocycles. The third-order valence-corrected chi connectivity index (χ3v) is 5.35. The van der Waals surface area contributed by atoms with Crippen LogP contribution in [0.1, 0.15) is 31.8 Å². The number of methoxy groups -OCH3 is 1. The Morgan fingerprint density at radius 2 is 1.62 bits per heavy atom. The highest BCUT2D eigenvalue weighted by atomic mass is 16.5. The Hall–Kier alpha value is -3.99. The van der Waals surface area contributed by atoms with Crippen LogP contribution in [0.2, 0.25) is 0 Å². The fraction of sp³-hybridized carbons (Fsp3) is 0.148. The molecule has 1 heterocycles. The van der Waals surface area contributed by atoms with Crippen molar-refractivity contribution in [2.75, 3.05) is 13.7 Å². The van der Waals surface area contributed by atoms with E-state index >= 15 is 0 Å². The Morgan fingerprint density at radius 3 is 2.31 bits per heavy atom. The molecule has 32 heavy (non-hydrogen) atoms. The number of rotatable bonds is 6. The van der Waals surface area contributed by atoms with Crippen LogP contribution in [0.4, 0.5) is 0 Å². The van der Waals surface area contributed by atoms with E-state index in [-0.39, 0.29) is 12.4 Å². The number of aryl methyl sites for hydroxylation is 2. The van der Waals surface area contributed by atoms with Gasteiger partial charge < -0.3 is 9.47 Å². The highest BCUT2D eigenvalue weighted by Gasteiger charge is 2.18. The molecule has 5 heteroatoms. The van der Waals surface area contributed by atoms with Crippen LogP contribution in [0.3, 0.4) is 0 Å². The summed E-state index contributed by atoms with van der Waals surface area (Å²) in [6.45, 7) is 3.57. The summed E-state index contributed by atoms with van der Waals surface area (Å²) < 4.78 is 10.6. The van der Waals surface area contributed by atoms with Gasteiger partial charge in [0.2, 0.25) is 0 Å². The number of ketones is 1. The monoisotopic (exact) mass is 425 g/mol. The van der Waals surface area contributed by atoms with E-state index in [2.05, 4.69) is 0 Å². The van der Waals surface area contributed by atoms with Crippen LogP contribution in [-0.4, -0.2) is 30.5 Å². The maximum atomic E-state index is 13.0. The van der Waals surface area contributed by atoms with Crippen molar-refractivity contribution in [1.82, 2.24) is 4.98 Å². The molecule has 0 spiro atoms. The maximum Gasteiger partial charge on any atom is 0.339 e. The SMILES string of the molecule is COc1ccc(-c2cc(C(=O)OCC(=O)c3ccc(C)cc3)c3cccc(C)c3n2)cc1. The minimum Gasteiger partial charge on any atom is -0.497 e. The molecule has 0 saturated heterocycles. The summed E-state index contributed by atoms with van der Waals surface area (Å²) in [5.41, 5.74) is 5.11. The first-order valence-corrected chi connectivity index (χ1v) is 10.3. The summed E-state index contributed by atoms with van der Waals surface area (Å²) >= 11 is 0. The number of nitrogens with zero attached hydrogens (tertiary/aromatic N) is 1. The smallest absolute Gasteiger partial charge is 0.339 e. The summed E-state index contributed by atoms with van der Waals surface area (Å²) in [4.78, 5) is 30.3. The molecular weight excluding hydrogens is 402 g/mol. The van der Waals surface area contributed by atoms with E-state index in [9.17, 15) is 9.59 Å². The van der Waals surface area contributed by atoms with E-state index in [1.54, 1.807) is 25.3 Å². The molecule has 0 N–H and O–H groups in total. The highest BCUT2D eigenvalue weighted by Crippen LogP contribution is 2.28. The predicted octanol–water partition coefficient (Wildman–Crippen LogP) is 5.57. The van der Waals surface area contributed by atoms with Crippen molar-refractivity contribution in [1.29, 1.82) is 0 Å². The van der Waals surface area contributed by atoms with E-state index in [0.29, 0.717) is 22.2 Å². The van der Waals surface area contributed by atoms with Crippen LogP contribution in [0.5, 0.6) is 5.75 Å². The highest BCUT2D eigenvalue weighted by molar-refractivity contribution is 6.06. The number of aromatic nitrogens is 1. The van der Waals surface area contributed by atoms with E-state index in [1.807, 2.05) is 68.4 Å². The number of esters is 1. The first-order chi connectivity index (χ1) is 15.5. The van der Waals surface area contributed by atoms with Crippen molar-refractivity contribution in [2.45, 2.75) is 13.8 Å². The number of Topliss-reactive ketones (excluding diaryl/α,β-unsaturated/α-hetero) is 1. The predicted molar refractivity (Wildman–Crippen MR) is 124 cm³/mol. The Morgan fingerprint density at radius 1 is 0.906 bits per heavy atom. The summed E-state index contributed by atoms with van der Waals surface area (Å²) in [5.74, 6) is -0.0681. The zero-order valence-electron chi connectivity index (χ0n) is 18.2. The Bertz CT molecular complexity index is 1290. The van der Waals surface area contributed by atoms with Crippen molar-refractivity contribution in [3.63, 3.8) is 0 Å². The number of hydrogen-bond donors (Lipinski definition) is 0. The number of ether oxygens (including phenoxy) is 2. The van der Waals surface area contributed by atoms with Crippen molar-refractivity contribution in [3.05, 3.63) is 95.1 Å². The van der Waals surface area contributed by atoms with Gasteiger partial charge in [-0.05, 0) is 49.7 Å². The first-order valence-electron chi connectivity index (χ1n) is 10.3. The van der Waals surface area contributed by atoms with Crippen LogP contribution in [-0.2, 0) is 4.74 Å². The number of hydrogen-bond acceptors (Lipinski definition) is 5. The standard InChI is InChI=1S/C27H23NO4/c1-17-7-9-20(10-8-17)25(29)16-32-27(30)23-15-24(19-11-13-21(31-3)14-12-19)28-26-18(2)5-4-6-22(23)26/h4-15H,16H2,1-3H3. The summed E-state index contributed by atoms with van der Waals surface area (Å²) in [7, 11) is 1.61. The van der Waals surface area contributed by atoms with Crippen LogP contribution in [0.15, 0.2) is 72.8 Å². The Balaban J connectivity index is 1.67. The van der Waals surface area contributed by atoms with Gasteiger partial charge in [0.1, 0.15) is 5.75 Å². The molecule has 1 aromatic heterocycles. The number of para-hydroxylation sites is 1. The normalized spacial score (nSPS) is 10.7. The third kappa shape index (κ3) is 4.37. The molecule has 0 atom stereocenters. The third-order valence-electron chi connectivity index (χ3n) is 5.35. The van der Waals surface area contributed by atoms with Crippen LogP contribution in [0, 0.1) is 13.8 Å². The molecule has 0 aliphatic carbocycles. The van der Waals surface area contributed by atoms with Crippen molar-refractivity contribution in [2.24, 2.45) is 0 Å². The Kier molecular flexibility index (Phi) is 5.99. The molecule has 5 nitrogen and oxygen atoms in total. The van der Waals surface area contributed by atoms with Crippen molar-refractivity contribution >= 4 is 22.7 Å². The zero-order chi connectivity index (χ0) is 22.7. The number of benzene rings is 3. The van der Waals surface area contributed by atoms with Crippen LogP contribution in [0.25, 0.3) is 22.2 Å². The molecule has 0 bridgehead atoms. The summed E-state index contributed by atoms with van der Waals surface area (Å²) in [6.07, 6.45) is 0. The molecule has 0 amide bonds. The van der Waals surface area contributed by atoms with Gasteiger partial charge in [-0.25, -0.2) is 9.78 Å². The van der Waals surface area contributed by atoms with E-state index in [0.717, 1.165) is 28.0 Å². The van der Waals surface area contributed by atoms with E-state index in [4.69, 9.17) is 14.5 Å². The molecule has 0 aliphatic rings. The second-order valence-electron chi connectivity index (χ2n) is 7.62. The molecule has 4 rings (SSSR count). The number of carbonyl (C=O) groups excluding carboxylic acids is 2. The van der Waals surface area contributed by atoms with Gasteiger partial charge >= 0.3 is 5.97 Å². The van der Waals surface area contributed by atoms with Gasteiger partial charge in [-0.1, -0.05) is 48.0 Å². The van der Waals surface area contributed by atoms with Gasteiger partial charge in [0.25, 0.3) is 0 Å². The Labute approximate surface area is 186 Å². The van der Waals surface area contributed by atoms with Gasteiger partial charge in [-0.15, -0.1) is 0 Å². The molecule has 0 radical (unpaired) electrons. The fourth-order valence-corrected chi connectivity index (χ4v) is 3.50. The lowest BCUT2D eigenvalue weighted by Crippen LogP contribution is -2.15. The zero-order valence-corrected chi connectivity index (χ0v) is 18.2. The molecule has 0 fully saturated rings. The lowest BCUT2D eigenvalue weighted by Gasteiger charge is -2.12. The average Bonchev–Trinajstić information content (AvgIpc) is 2.82. The quantitative estimate of drug-likeness (QED) is 0.299. The first kappa shape index (κ1) is 21.2. The summed E-state index contributed by atoms with van der Waals surface area (Å²) in [6, 6.07) is 22.0. The van der Waals surface area contributed by atoms with Gasteiger partial charge in [-0.3, -0.25) is 4.79 Å². The lowest BCUT2D eigenvalue weighted by molar-refractivity contribution is 0.0476. The lowest BCUT2D eigenvalue weighted by atomic mass is 10.0. The minimum atomic E-state index is -0.557. The van der Waals surface area contributed by atoms with Gasteiger partial charge in [-0.2, -0.15) is 0 Å².